The summed E-state index contributed by atoms with van der Waals surface area (Å²) in [7, 11) is 3.62. The number of nitriles is 1. The van der Waals surface area contributed by atoms with Crippen molar-refractivity contribution in [2.45, 2.75) is 26.2 Å². The molecule has 4 aromatic carbocycles. The van der Waals surface area contributed by atoms with Gasteiger partial charge in [-0.3, -0.25) is 4.98 Å². The Balaban J connectivity index is 1.50. The second kappa shape index (κ2) is 8.75. The monoisotopic (exact) mass is 532 g/mol. The fraction of sp³-hybridized carbons (Fsp3) is 0.118. The van der Waals surface area contributed by atoms with E-state index >= 15 is 4.39 Å². The van der Waals surface area contributed by atoms with Crippen LogP contribution < -0.4 is 11.1 Å². The molecule has 4 nitrogen and oxygen atoms in total. The van der Waals surface area contributed by atoms with Gasteiger partial charge in [-0.1, -0.05) is 45.0 Å². The van der Waals surface area contributed by atoms with Crippen LogP contribution in [0.3, 0.4) is 0 Å². The summed E-state index contributed by atoms with van der Waals surface area (Å²) < 4.78 is 28.5. The Morgan fingerprint density at radius 2 is 1.71 bits per heavy atom. The normalized spacial score (nSPS) is 11.9. The van der Waals surface area contributed by atoms with E-state index in [0.29, 0.717) is 61.3 Å². The number of pyridine rings is 1. The van der Waals surface area contributed by atoms with Crippen molar-refractivity contribution >= 4 is 70.6 Å². The Bertz CT molecular complexity index is 2250. The van der Waals surface area contributed by atoms with Crippen molar-refractivity contribution in [3.63, 3.8) is 0 Å². The average molecular weight is 532 g/mol. The van der Waals surface area contributed by atoms with Gasteiger partial charge in [0.05, 0.1) is 17.3 Å². The largest absolute Gasteiger partial charge is 0.455 e. The molecular formula is C34H23B2FN2O2. The first kappa shape index (κ1) is 25.0. The van der Waals surface area contributed by atoms with Crippen LogP contribution in [-0.4, -0.2) is 20.7 Å². The second-order valence-corrected chi connectivity index (χ2v) is 11.5. The number of hydrogen-bond acceptors (Lipinski definition) is 4. The molecule has 41 heavy (non-hydrogen) atoms. The van der Waals surface area contributed by atoms with Crippen LogP contribution in [0.25, 0.3) is 66.3 Å². The van der Waals surface area contributed by atoms with Crippen molar-refractivity contribution in [3.8, 4) is 28.5 Å². The molecular weight excluding hydrogens is 509 g/mol. The van der Waals surface area contributed by atoms with Crippen LogP contribution in [0.1, 0.15) is 31.9 Å². The van der Waals surface area contributed by atoms with Gasteiger partial charge in [0.2, 0.25) is 0 Å². The highest BCUT2D eigenvalue weighted by Gasteiger charge is 2.26. The molecule has 0 bridgehead atoms. The maximum Gasteiger partial charge on any atom is 0.185 e. The standard InChI is InChI=1S/C34H23B2FN2O2/c1-34(2,3)27-29(37)28(35)30(39-33(27)36)23-9-6-8-21-22-14-12-18(16-38)26(32(22)41-31(21)23)17-11-13-20-19-7-4-5-10-24(19)40-25(20)15-17/h4,6-9,11-15H,35-36H2,1-3H3. The summed E-state index contributed by atoms with van der Waals surface area (Å²) in [4.78, 5) is 4.89. The van der Waals surface area contributed by atoms with E-state index in [4.69, 9.17) is 13.8 Å². The molecule has 7 aromatic rings. The van der Waals surface area contributed by atoms with E-state index < -0.39 is 0 Å². The zero-order valence-electron chi connectivity index (χ0n) is 23.4. The molecule has 0 N–H and O–H groups in total. The van der Waals surface area contributed by atoms with Gasteiger partial charge in [-0.05, 0) is 65.0 Å². The summed E-state index contributed by atoms with van der Waals surface area (Å²) in [6.45, 7) is 5.98. The predicted molar refractivity (Wildman–Crippen MR) is 167 cm³/mol. The SMILES string of the molecule is Bc1nc(-c2cccc3c2oc2c(-c4ccc5c(c4)oc4c#cccc45)c(C#N)ccc23)c(B)c(F)c1C(C)(C)C. The molecule has 194 valence electrons. The third kappa shape index (κ3) is 3.66. The van der Waals surface area contributed by atoms with Gasteiger partial charge in [-0.15, -0.1) is 0 Å². The van der Waals surface area contributed by atoms with Gasteiger partial charge >= 0.3 is 0 Å². The molecule has 0 atom stereocenters. The van der Waals surface area contributed by atoms with E-state index in [1.165, 1.54) is 0 Å². The summed E-state index contributed by atoms with van der Waals surface area (Å²) in [5.74, 6) is -0.241. The maximum atomic E-state index is 15.8. The Hall–Kier alpha value is -5.00. The molecule has 3 heterocycles. The number of para-hydroxylation sites is 1. The Labute approximate surface area is 238 Å². The molecule has 3 aromatic heterocycles. The minimum Gasteiger partial charge on any atom is -0.455 e. The molecule has 0 saturated carbocycles. The third-order valence-electron chi connectivity index (χ3n) is 7.87. The van der Waals surface area contributed by atoms with Crippen LogP contribution in [0.4, 0.5) is 4.39 Å². The topological polar surface area (TPSA) is 63.0 Å². The number of nitrogens with zero attached hydrogens (tertiary/aromatic N) is 2. The molecule has 0 saturated heterocycles. The molecule has 0 aliphatic rings. The summed E-state index contributed by atoms with van der Waals surface area (Å²) in [6.07, 6.45) is 0. The van der Waals surface area contributed by atoms with Crippen molar-refractivity contribution in [3.05, 3.63) is 89.7 Å². The quantitative estimate of drug-likeness (QED) is 0.271. The van der Waals surface area contributed by atoms with E-state index in [1.807, 2.05) is 89.3 Å². The number of benzene rings is 3. The summed E-state index contributed by atoms with van der Waals surface area (Å²) in [5, 5.41) is 13.7. The van der Waals surface area contributed by atoms with Crippen LogP contribution in [0.15, 0.2) is 69.5 Å². The Kier molecular flexibility index (Phi) is 5.34. The van der Waals surface area contributed by atoms with Gasteiger partial charge in [0.1, 0.15) is 30.4 Å². The summed E-state index contributed by atoms with van der Waals surface area (Å²) in [6, 6.07) is 27.5. The fourth-order valence-electron chi connectivity index (χ4n) is 6.08. The first-order valence-electron chi connectivity index (χ1n) is 13.5. The van der Waals surface area contributed by atoms with Crippen molar-refractivity contribution < 1.29 is 13.2 Å². The van der Waals surface area contributed by atoms with Crippen LogP contribution in [0.2, 0.25) is 0 Å². The highest BCUT2D eigenvalue weighted by Crippen LogP contribution is 2.42. The molecule has 0 aliphatic heterocycles. The molecule has 7 heteroatoms. The average Bonchev–Trinajstić information content (AvgIpc) is 3.51. The van der Waals surface area contributed by atoms with Gasteiger partial charge in [0, 0.05) is 43.8 Å². The summed E-state index contributed by atoms with van der Waals surface area (Å²) in [5.41, 5.74) is 7.12. The van der Waals surface area contributed by atoms with E-state index in [-0.39, 0.29) is 11.2 Å². The minimum atomic E-state index is -0.379. The zero-order valence-corrected chi connectivity index (χ0v) is 23.4. The van der Waals surface area contributed by atoms with Crippen LogP contribution in [0, 0.1) is 29.3 Å². The molecule has 0 aliphatic carbocycles. The highest BCUT2D eigenvalue weighted by molar-refractivity contribution is 6.38. The lowest BCUT2D eigenvalue weighted by Crippen LogP contribution is -2.34. The lowest BCUT2D eigenvalue weighted by atomic mass is 9.76. The van der Waals surface area contributed by atoms with E-state index in [0.717, 1.165) is 27.1 Å². The number of halogens is 1. The molecule has 0 spiro atoms. The smallest absolute Gasteiger partial charge is 0.185 e. The van der Waals surface area contributed by atoms with Crippen LogP contribution in [-0.2, 0) is 5.41 Å². The number of furan rings is 2. The highest BCUT2D eigenvalue weighted by atomic mass is 19.1. The first-order valence-corrected chi connectivity index (χ1v) is 13.5. The number of rotatable bonds is 2. The van der Waals surface area contributed by atoms with Crippen LogP contribution in [0.5, 0.6) is 0 Å². The first-order chi connectivity index (χ1) is 19.7. The van der Waals surface area contributed by atoms with Gasteiger partial charge in [0.15, 0.2) is 13.4 Å². The number of hydrogen-bond donors (Lipinski definition) is 0. The number of aromatic nitrogens is 1. The maximum absolute atomic E-state index is 15.8. The predicted octanol–water partition coefficient (Wildman–Crippen LogP) is 5.64. The summed E-state index contributed by atoms with van der Waals surface area (Å²) >= 11 is 0. The Morgan fingerprint density at radius 1 is 0.927 bits per heavy atom. The second-order valence-electron chi connectivity index (χ2n) is 11.5. The van der Waals surface area contributed by atoms with Crippen molar-refractivity contribution in [1.82, 2.24) is 4.98 Å². The van der Waals surface area contributed by atoms with E-state index in [2.05, 4.69) is 18.2 Å². The van der Waals surface area contributed by atoms with E-state index in [1.54, 1.807) is 7.85 Å². The number of fused-ring (bicyclic) bond motifs is 6. The van der Waals surface area contributed by atoms with Gasteiger partial charge < -0.3 is 8.83 Å². The van der Waals surface area contributed by atoms with Crippen molar-refractivity contribution in [2.24, 2.45) is 0 Å². The molecule has 0 radical (unpaired) electrons. The zero-order chi connectivity index (χ0) is 28.6. The lowest BCUT2D eigenvalue weighted by molar-refractivity contribution is 0.529. The van der Waals surface area contributed by atoms with Crippen molar-refractivity contribution in [1.29, 1.82) is 5.26 Å². The minimum absolute atomic E-state index is 0.241. The van der Waals surface area contributed by atoms with Gasteiger partial charge in [0.25, 0.3) is 0 Å². The van der Waals surface area contributed by atoms with Crippen LogP contribution >= 0.6 is 0 Å². The van der Waals surface area contributed by atoms with Gasteiger partial charge in [-0.2, -0.15) is 5.26 Å². The fourth-order valence-corrected chi connectivity index (χ4v) is 6.08. The van der Waals surface area contributed by atoms with Crippen molar-refractivity contribution in [2.75, 3.05) is 0 Å². The Morgan fingerprint density at radius 3 is 2.49 bits per heavy atom. The lowest BCUT2D eigenvalue weighted by Gasteiger charge is -2.24. The van der Waals surface area contributed by atoms with Gasteiger partial charge in [-0.25, -0.2) is 4.39 Å². The molecule has 7 rings (SSSR count). The van der Waals surface area contributed by atoms with E-state index in [9.17, 15) is 5.26 Å². The third-order valence-corrected chi connectivity index (χ3v) is 7.87. The molecule has 0 amide bonds. The molecule has 0 fully saturated rings. The molecule has 0 unspecified atom stereocenters.